The normalized spacial score (nSPS) is 14.8. The van der Waals surface area contributed by atoms with E-state index in [1.54, 1.807) is 0 Å². The Balaban J connectivity index is 0.00000101. The summed E-state index contributed by atoms with van der Waals surface area (Å²) in [6.45, 7) is 27.6. The Hall–Kier alpha value is -3.25. The van der Waals surface area contributed by atoms with Gasteiger partial charge in [0.05, 0.1) is 18.5 Å². The number of aromatic nitrogens is 4. The summed E-state index contributed by atoms with van der Waals surface area (Å²) in [7, 11) is 0. The first-order valence-electron chi connectivity index (χ1n) is 16.3. The fourth-order valence-corrected chi connectivity index (χ4v) is 5.12. The number of fused-ring (bicyclic) bond motifs is 1. The molecule has 3 heterocycles. The van der Waals surface area contributed by atoms with Crippen LogP contribution in [0.5, 0.6) is 11.5 Å². The molecule has 0 amide bonds. The van der Waals surface area contributed by atoms with Gasteiger partial charge in [0.15, 0.2) is 5.65 Å². The molecule has 0 saturated carbocycles. The van der Waals surface area contributed by atoms with Crippen molar-refractivity contribution in [3.05, 3.63) is 65.6 Å². The van der Waals surface area contributed by atoms with Gasteiger partial charge in [-0.2, -0.15) is 5.10 Å². The lowest BCUT2D eigenvalue weighted by Crippen LogP contribution is -2.39. The third-order valence-corrected chi connectivity index (χ3v) is 6.67. The van der Waals surface area contributed by atoms with Gasteiger partial charge in [0.2, 0.25) is 0 Å². The Morgan fingerprint density at radius 2 is 1.50 bits per heavy atom. The molecular formula is C36H55N5O. The number of piperidine rings is 1. The number of para-hydroxylation sites is 1. The van der Waals surface area contributed by atoms with Crippen molar-refractivity contribution in [2.45, 2.75) is 102 Å². The van der Waals surface area contributed by atoms with Crippen LogP contribution in [0.15, 0.2) is 48.5 Å². The summed E-state index contributed by atoms with van der Waals surface area (Å²) in [6, 6.07) is 15.1. The zero-order valence-electron chi connectivity index (χ0n) is 29.3. The van der Waals surface area contributed by atoms with Crippen molar-refractivity contribution in [3.63, 3.8) is 0 Å². The summed E-state index contributed by atoms with van der Waals surface area (Å²) in [5.41, 5.74) is 4.70. The molecule has 5 rings (SSSR count). The van der Waals surface area contributed by atoms with Crippen LogP contribution in [-0.4, -0.2) is 44.3 Å². The number of rotatable bonds is 5. The molecule has 0 atom stereocenters. The molecule has 1 fully saturated rings. The molecule has 0 spiro atoms. The molecule has 2 aromatic heterocycles. The van der Waals surface area contributed by atoms with Crippen molar-refractivity contribution in [2.75, 3.05) is 19.6 Å². The third kappa shape index (κ3) is 8.87. The molecule has 0 bridgehead atoms. The minimum absolute atomic E-state index is 0.239. The highest BCUT2D eigenvalue weighted by atomic mass is 16.5. The van der Waals surface area contributed by atoms with Gasteiger partial charge in [-0.3, -0.25) is 0 Å². The Bertz CT molecular complexity index is 1420. The lowest BCUT2D eigenvalue weighted by Gasteiger charge is -2.36. The fraction of sp³-hybridized carbons (Fsp3) is 0.528. The molecule has 0 unspecified atom stereocenters. The number of likely N-dealkylation sites (tertiary alicyclic amines) is 1. The van der Waals surface area contributed by atoms with E-state index in [1.807, 2.05) is 109 Å². The number of nitrogens with zero attached hydrogens (tertiary/aromatic N) is 5. The maximum absolute atomic E-state index is 9.48. The predicted molar refractivity (Wildman–Crippen MR) is 180 cm³/mol. The smallest absolute Gasteiger partial charge is 0.162 e. The SMILES string of the molecule is CC.CC.CC.[3H]C1(n2nc(-c3ccc(Oc4ccccc4)c(C)c3)c3c(C)nc(C)nc32)CCN(CC(C)(C)C)CC1. The average Bonchev–Trinajstić information content (AvgIpc) is 3.39. The van der Waals surface area contributed by atoms with Crippen LogP contribution in [0.1, 0.15) is 99.6 Å². The molecule has 0 aliphatic carbocycles. The van der Waals surface area contributed by atoms with Gasteiger partial charge in [-0.1, -0.05) is 80.5 Å². The molecule has 42 heavy (non-hydrogen) atoms. The van der Waals surface area contributed by atoms with Crippen LogP contribution < -0.4 is 4.74 Å². The predicted octanol–water partition coefficient (Wildman–Crippen LogP) is 9.97. The Morgan fingerprint density at radius 3 is 2.07 bits per heavy atom. The molecule has 4 aromatic rings. The number of benzene rings is 2. The highest BCUT2D eigenvalue weighted by Crippen LogP contribution is 2.36. The molecule has 0 radical (unpaired) electrons. The van der Waals surface area contributed by atoms with Crippen molar-refractivity contribution < 1.29 is 6.11 Å². The van der Waals surface area contributed by atoms with Gasteiger partial charge < -0.3 is 9.64 Å². The lowest BCUT2D eigenvalue weighted by molar-refractivity contribution is 0.136. The van der Waals surface area contributed by atoms with Crippen molar-refractivity contribution in [1.82, 2.24) is 24.6 Å². The number of aryl methyl sites for hydroxylation is 3. The highest BCUT2D eigenvalue weighted by molar-refractivity contribution is 5.93. The topological polar surface area (TPSA) is 56.1 Å². The van der Waals surface area contributed by atoms with E-state index in [-0.39, 0.29) is 5.41 Å². The summed E-state index contributed by atoms with van der Waals surface area (Å²) in [4.78, 5) is 11.9. The van der Waals surface area contributed by atoms with E-state index in [9.17, 15) is 1.37 Å². The number of ether oxygens (including phenoxy) is 1. The van der Waals surface area contributed by atoms with Crippen LogP contribution in [-0.2, 0) is 0 Å². The first-order chi connectivity index (χ1) is 20.5. The van der Waals surface area contributed by atoms with Gasteiger partial charge in [0.25, 0.3) is 0 Å². The Labute approximate surface area is 256 Å². The molecule has 1 saturated heterocycles. The molecule has 1 aliphatic heterocycles. The van der Waals surface area contributed by atoms with Gasteiger partial charge in [-0.25, -0.2) is 14.6 Å². The van der Waals surface area contributed by atoms with Gasteiger partial charge >= 0.3 is 0 Å². The molecule has 0 N–H and O–H groups in total. The summed E-state index contributed by atoms with van der Waals surface area (Å²) >= 11 is 0. The maximum Gasteiger partial charge on any atom is 0.162 e. The zero-order valence-corrected chi connectivity index (χ0v) is 28.3. The van der Waals surface area contributed by atoms with Crippen LogP contribution in [0.4, 0.5) is 0 Å². The van der Waals surface area contributed by atoms with Crippen molar-refractivity contribution >= 4 is 11.0 Å². The van der Waals surface area contributed by atoms with E-state index in [4.69, 9.17) is 14.8 Å². The minimum Gasteiger partial charge on any atom is -0.457 e. The first kappa shape index (κ1) is 33.3. The quantitative estimate of drug-likeness (QED) is 0.237. The average molecular weight is 576 g/mol. The second-order valence-electron chi connectivity index (χ2n) is 11.1. The maximum atomic E-state index is 9.48. The number of hydrogen-bond acceptors (Lipinski definition) is 5. The zero-order chi connectivity index (χ0) is 32.4. The lowest BCUT2D eigenvalue weighted by atomic mass is 9.94. The summed E-state index contributed by atoms with van der Waals surface area (Å²) in [6.07, 6.45) is 1.43. The fourth-order valence-electron chi connectivity index (χ4n) is 5.12. The van der Waals surface area contributed by atoms with Gasteiger partial charge in [0, 0.05) is 25.2 Å². The van der Waals surface area contributed by atoms with E-state index in [0.717, 1.165) is 64.7 Å². The summed E-state index contributed by atoms with van der Waals surface area (Å²) in [5.74, 6) is 2.32. The van der Waals surface area contributed by atoms with E-state index in [0.29, 0.717) is 18.7 Å². The summed E-state index contributed by atoms with van der Waals surface area (Å²) in [5, 5.41) is 6.00. The van der Waals surface area contributed by atoms with Crippen molar-refractivity contribution in [2.24, 2.45) is 5.41 Å². The molecule has 6 nitrogen and oxygen atoms in total. The van der Waals surface area contributed by atoms with Crippen LogP contribution in [0, 0.1) is 26.2 Å². The first-order valence-corrected chi connectivity index (χ1v) is 15.8. The van der Waals surface area contributed by atoms with Crippen molar-refractivity contribution in [1.29, 1.82) is 0 Å². The third-order valence-electron chi connectivity index (χ3n) is 6.67. The van der Waals surface area contributed by atoms with Crippen LogP contribution in [0.25, 0.3) is 22.3 Å². The van der Waals surface area contributed by atoms with Gasteiger partial charge in [-0.15, -0.1) is 0 Å². The van der Waals surface area contributed by atoms with E-state index in [2.05, 4.69) is 36.7 Å². The van der Waals surface area contributed by atoms with E-state index in [1.165, 1.54) is 0 Å². The molecule has 1 aliphatic rings. The largest absolute Gasteiger partial charge is 0.457 e. The highest BCUT2D eigenvalue weighted by Gasteiger charge is 2.28. The monoisotopic (exact) mass is 575 g/mol. The van der Waals surface area contributed by atoms with Gasteiger partial charge in [-0.05, 0) is 74.9 Å². The van der Waals surface area contributed by atoms with Crippen molar-refractivity contribution in [3.8, 4) is 22.8 Å². The van der Waals surface area contributed by atoms with E-state index >= 15 is 0 Å². The second-order valence-corrected chi connectivity index (χ2v) is 11.1. The Morgan fingerprint density at radius 1 is 0.881 bits per heavy atom. The molecule has 230 valence electrons. The van der Waals surface area contributed by atoms with Crippen LogP contribution in [0.2, 0.25) is 0 Å². The standard InChI is InChI=1S/C30H37N5O.3C2H6/c1-20-18-23(12-13-26(20)36-25-10-8-7-9-11-25)28-27-21(2)31-22(3)32-29(27)35(33-28)24-14-16-34(17-15-24)19-30(4,5)6;3*1-2/h7-13,18,24H,14-17,19H2,1-6H3;3*1-2H3/i24T;;;. The van der Waals surface area contributed by atoms with Crippen LogP contribution >= 0.6 is 0 Å². The molecule has 6 heteroatoms. The summed E-state index contributed by atoms with van der Waals surface area (Å²) < 4.78 is 17.5. The second kappa shape index (κ2) is 16.4. The molecular weight excluding hydrogens is 518 g/mol. The minimum atomic E-state index is -0.844. The van der Waals surface area contributed by atoms with Crippen LogP contribution in [0.3, 0.4) is 0 Å². The van der Waals surface area contributed by atoms with E-state index < -0.39 is 6.02 Å². The Kier molecular flexibility index (Phi) is 13.0. The van der Waals surface area contributed by atoms with Gasteiger partial charge in [0.1, 0.15) is 23.0 Å². The molecule has 2 aromatic carbocycles. The number of hydrogen-bond donors (Lipinski definition) is 0.